The fourth-order valence-electron chi connectivity index (χ4n) is 2.82. The fourth-order valence-corrected chi connectivity index (χ4v) is 2.82. The van der Waals surface area contributed by atoms with Crippen LogP contribution < -0.4 is 0 Å². The van der Waals surface area contributed by atoms with Crippen LogP contribution in [0.3, 0.4) is 0 Å². The molecule has 0 unspecified atom stereocenters. The van der Waals surface area contributed by atoms with Crippen molar-refractivity contribution in [2.24, 2.45) is 0 Å². The van der Waals surface area contributed by atoms with Gasteiger partial charge in [0.1, 0.15) is 5.69 Å². The van der Waals surface area contributed by atoms with E-state index in [1.165, 1.54) is 5.52 Å². The molecule has 0 aliphatic carbocycles. The first-order valence-electron chi connectivity index (χ1n) is 7.80. The maximum atomic E-state index is 11.9. The van der Waals surface area contributed by atoms with Crippen LogP contribution >= 0.6 is 0 Å². The number of hydrogen-bond donors (Lipinski definition) is 0. The monoisotopic (exact) mass is 296 g/mol. The predicted octanol–water partition coefficient (Wildman–Crippen LogP) is 4.17. The third kappa shape index (κ3) is 2.45. The van der Waals surface area contributed by atoms with Crippen LogP contribution in [-0.4, -0.2) is 22.1 Å². The molecule has 0 radical (unpaired) electrons. The minimum Gasteiger partial charge on any atom is -0.461 e. The average Bonchev–Trinajstić information content (AvgIpc) is 2.86. The van der Waals surface area contributed by atoms with Gasteiger partial charge in [0.25, 0.3) is 0 Å². The van der Waals surface area contributed by atoms with Crippen molar-refractivity contribution in [3.8, 4) is 0 Å². The Bertz CT molecular complexity index is 820. The van der Waals surface area contributed by atoms with E-state index < -0.39 is 0 Å². The normalized spacial score (nSPS) is 11.2. The molecular formula is C18H20N2O2. The maximum absolute atomic E-state index is 11.9. The molecule has 0 saturated heterocycles. The minimum absolute atomic E-state index is 0.358. The lowest BCUT2D eigenvalue weighted by molar-refractivity contribution is 0.0520. The molecule has 0 N–H and O–H groups in total. The SMILES string of the molecule is CCCCn1c2ccccc2c2cc(C(=O)OCC)ncc21. The van der Waals surface area contributed by atoms with Gasteiger partial charge in [-0.3, -0.25) is 0 Å². The summed E-state index contributed by atoms with van der Waals surface area (Å²) >= 11 is 0. The van der Waals surface area contributed by atoms with E-state index in [4.69, 9.17) is 4.74 Å². The van der Waals surface area contributed by atoms with E-state index in [1.807, 2.05) is 18.2 Å². The molecule has 4 nitrogen and oxygen atoms in total. The van der Waals surface area contributed by atoms with Crippen LogP contribution in [0.25, 0.3) is 21.8 Å². The van der Waals surface area contributed by atoms with Crippen molar-refractivity contribution in [3.63, 3.8) is 0 Å². The molecule has 22 heavy (non-hydrogen) atoms. The van der Waals surface area contributed by atoms with Crippen LogP contribution in [-0.2, 0) is 11.3 Å². The summed E-state index contributed by atoms with van der Waals surface area (Å²) in [6.45, 7) is 5.30. The number of fused-ring (bicyclic) bond motifs is 3. The van der Waals surface area contributed by atoms with Crippen molar-refractivity contribution in [1.29, 1.82) is 0 Å². The van der Waals surface area contributed by atoms with Crippen LogP contribution in [0.4, 0.5) is 0 Å². The lowest BCUT2D eigenvalue weighted by Crippen LogP contribution is -2.07. The molecule has 2 heterocycles. The lowest BCUT2D eigenvalue weighted by atomic mass is 10.1. The second-order valence-electron chi connectivity index (χ2n) is 5.33. The number of para-hydroxylation sites is 1. The van der Waals surface area contributed by atoms with E-state index >= 15 is 0 Å². The van der Waals surface area contributed by atoms with Gasteiger partial charge in [-0.05, 0) is 25.5 Å². The van der Waals surface area contributed by atoms with Crippen LogP contribution in [0, 0.1) is 0 Å². The second-order valence-corrected chi connectivity index (χ2v) is 5.33. The van der Waals surface area contributed by atoms with Crippen molar-refractivity contribution in [2.75, 3.05) is 6.61 Å². The predicted molar refractivity (Wildman–Crippen MR) is 88.1 cm³/mol. The Balaban J connectivity index is 2.19. The number of unbranched alkanes of at least 4 members (excludes halogenated alkanes) is 1. The number of aryl methyl sites for hydroxylation is 1. The van der Waals surface area contributed by atoms with E-state index in [0.29, 0.717) is 12.3 Å². The first kappa shape index (κ1) is 14.6. The van der Waals surface area contributed by atoms with Gasteiger partial charge in [-0.2, -0.15) is 0 Å². The Morgan fingerprint density at radius 2 is 2.00 bits per heavy atom. The van der Waals surface area contributed by atoms with Gasteiger partial charge in [-0.1, -0.05) is 31.5 Å². The summed E-state index contributed by atoms with van der Waals surface area (Å²) in [5, 5.41) is 2.21. The summed E-state index contributed by atoms with van der Waals surface area (Å²) in [7, 11) is 0. The highest BCUT2D eigenvalue weighted by molar-refractivity contribution is 6.09. The number of aromatic nitrogens is 2. The molecule has 0 fully saturated rings. The summed E-state index contributed by atoms with van der Waals surface area (Å²) in [5.74, 6) is -0.366. The topological polar surface area (TPSA) is 44.1 Å². The molecule has 1 aromatic carbocycles. The van der Waals surface area contributed by atoms with Crippen molar-refractivity contribution in [3.05, 3.63) is 42.2 Å². The Hall–Kier alpha value is -2.36. The summed E-state index contributed by atoms with van der Waals surface area (Å²) in [5.41, 5.74) is 2.63. The summed E-state index contributed by atoms with van der Waals surface area (Å²) in [4.78, 5) is 16.2. The van der Waals surface area contributed by atoms with E-state index in [2.05, 4.69) is 28.6 Å². The zero-order valence-corrected chi connectivity index (χ0v) is 13.0. The Kier molecular flexibility index (Phi) is 4.09. The van der Waals surface area contributed by atoms with Gasteiger partial charge in [0.15, 0.2) is 0 Å². The van der Waals surface area contributed by atoms with E-state index in [1.54, 1.807) is 13.1 Å². The molecule has 4 heteroatoms. The summed E-state index contributed by atoms with van der Waals surface area (Å²) < 4.78 is 7.34. The van der Waals surface area contributed by atoms with Crippen LogP contribution in [0.2, 0.25) is 0 Å². The molecule has 0 bridgehead atoms. The van der Waals surface area contributed by atoms with Crippen LogP contribution in [0.5, 0.6) is 0 Å². The number of carbonyl (C=O) groups excluding carboxylic acids is 1. The Morgan fingerprint density at radius 1 is 1.18 bits per heavy atom. The molecule has 0 spiro atoms. The van der Waals surface area contributed by atoms with Gasteiger partial charge < -0.3 is 9.30 Å². The van der Waals surface area contributed by atoms with Gasteiger partial charge in [0.05, 0.1) is 18.3 Å². The molecule has 0 aliphatic rings. The summed E-state index contributed by atoms with van der Waals surface area (Å²) in [6.07, 6.45) is 4.05. The molecular weight excluding hydrogens is 276 g/mol. The zero-order valence-electron chi connectivity index (χ0n) is 13.0. The summed E-state index contributed by atoms with van der Waals surface area (Å²) in [6, 6.07) is 10.1. The molecule has 0 atom stereocenters. The quantitative estimate of drug-likeness (QED) is 0.664. The van der Waals surface area contributed by atoms with E-state index in [9.17, 15) is 4.79 Å². The Morgan fingerprint density at radius 3 is 2.77 bits per heavy atom. The third-order valence-corrected chi connectivity index (χ3v) is 3.88. The smallest absolute Gasteiger partial charge is 0.356 e. The minimum atomic E-state index is -0.366. The molecule has 0 saturated carbocycles. The van der Waals surface area contributed by atoms with Gasteiger partial charge in [-0.15, -0.1) is 0 Å². The molecule has 3 aromatic rings. The van der Waals surface area contributed by atoms with Crippen molar-refractivity contribution in [1.82, 2.24) is 9.55 Å². The van der Waals surface area contributed by atoms with Crippen LogP contribution in [0.1, 0.15) is 37.2 Å². The highest BCUT2D eigenvalue weighted by atomic mass is 16.5. The molecule has 3 rings (SSSR count). The molecule has 114 valence electrons. The number of carbonyl (C=O) groups is 1. The number of nitrogens with zero attached hydrogens (tertiary/aromatic N) is 2. The second kappa shape index (κ2) is 6.18. The van der Waals surface area contributed by atoms with Gasteiger partial charge >= 0.3 is 5.97 Å². The van der Waals surface area contributed by atoms with Gasteiger partial charge in [-0.25, -0.2) is 9.78 Å². The highest BCUT2D eigenvalue weighted by Gasteiger charge is 2.14. The number of ether oxygens (including phenoxy) is 1. The molecule has 0 amide bonds. The maximum Gasteiger partial charge on any atom is 0.356 e. The first-order valence-corrected chi connectivity index (χ1v) is 7.80. The number of hydrogen-bond acceptors (Lipinski definition) is 3. The zero-order chi connectivity index (χ0) is 15.5. The van der Waals surface area contributed by atoms with Crippen molar-refractivity contribution >= 4 is 27.8 Å². The first-order chi connectivity index (χ1) is 10.8. The van der Waals surface area contributed by atoms with Gasteiger partial charge in [0.2, 0.25) is 0 Å². The van der Waals surface area contributed by atoms with E-state index in [0.717, 1.165) is 35.7 Å². The third-order valence-electron chi connectivity index (χ3n) is 3.88. The number of rotatable bonds is 5. The largest absolute Gasteiger partial charge is 0.461 e. The number of esters is 1. The standard InChI is InChI=1S/C18H20N2O2/c1-3-5-10-20-16-9-7-6-8-13(16)14-11-15(18(21)22-4-2)19-12-17(14)20/h6-9,11-12H,3-5,10H2,1-2H3. The lowest BCUT2D eigenvalue weighted by Gasteiger charge is -2.06. The molecule has 0 aliphatic heterocycles. The average molecular weight is 296 g/mol. The van der Waals surface area contributed by atoms with E-state index in [-0.39, 0.29) is 5.97 Å². The van der Waals surface area contributed by atoms with Crippen molar-refractivity contribution in [2.45, 2.75) is 33.2 Å². The van der Waals surface area contributed by atoms with Crippen molar-refractivity contribution < 1.29 is 9.53 Å². The molecule has 2 aromatic heterocycles. The fraction of sp³-hybridized carbons (Fsp3) is 0.333. The van der Waals surface area contributed by atoms with Crippen LogP contribution in [0.15, 0.2) is 36.5 Å². The highest BCUT2D eigenvalue weighted by Crippen LogP contribution is 2.29. The Labute approximate surface area is 129 Å². The van der Waals surface area contributed by atoms with Gasteiger partial charge in [0, 0.05) is 22.8 Å². The number of benzene rings is 1. The number of pyridine rings is 1.